The number of benzene rings is 3. The van der Waals surface area contributed by atoms with Crippen LogP contribution in [-0.4, -0.2) is 36.3 Å². The fourth-order valence-corrected chi connectivity index (χ4v) is 4.17. The second-order valence-electron chi connectivity index (χ2n) is 7.31. The van der Waals surface area contributed by atoms with Gasteiger partial charge in [0.1, 0.15) is 5.82 Å². The van der Waals surface area contributed by atoms with Gasteiger partial charge in [-0.3, -0.25) is 0 Å². The summed E-state index contributed by atoms with van der Waals surface area (Å²) in [6.07, 6.45) is 0. The molecular weight excluding hydrogens is 431 g/mol. The maximum atomic E-state index is 6.42. The average Bonchev–Trinajstić information content (AvgIpc) is 2.80. The first-order valence-electron chi connectivity index (χ1n) is 10.1. The van der Waals surface area contributed by atoms with Crippen LogP contribution >= 0.6 is 23.2 Å². The molecule has 0 amide bonds. The monoisotopic (exact) mass is 450 g/mol. The third-order valence-corrected chi connectivity index (χ3v) is 5.83. The van der Waals surface area contributed by atoms with Crippen LogP contribution in [-0.2, 0) is 4.74 Å². The first-order valence-corrected chi connectivity index (χ1v) is 10.8. The summed E-state index contributed by atoms with van der Waals surface area (Å²) in [4.78, 5) is 11.8. The third kappa shape index (κ3) is 4.30. The molecule has 7 heteroatoms. The Balaban J connectivity index is 1.50. The predicted octanol–water partition coefficient (Wildman–Crippen LogP) is 6.18. The highest BCUT2D eigenvalue weighted by atomic mass is 35.5. The lowest BCUT2D eigenvalue weighted by molar-refractivity contribution is 0.122. The number of nitrogens with one attached hydrogen (secondary N) is 1. The van der Waals surface area contributed by atoms with Gasteiger partial charge >= 0.3 is 0 Å². The number of halogens is 2. The van der Waals surface area contributed by atoms with Crippen molar-refractivity contribution in [1.82, 2.24) is 9.97 Å². The van der Waals surface area contributed by atoms with Gasteiger partial charge in [-0.05, 0) is 54.6 Å². The summed E-state index contributed by atoms with van der Waals surface area (Å²) in [6, 6.07) is 21.6. The molecule has 1 fully saturated rings. The highest BCUT2D eigenvalue weighted by molar-refractivity contribution is 6.36. The Morgan fingerprint density at radius 3 is 2.42 bits per heavy atom. The summed E-state index contributed by atoms with van der Waals surface area (Å²) in [6.45, 7) is 3.36. The molecule has 31 heavy (non-hydrogen) atoms. The van der Waals surface area contributed by atoms with E-state index in [1.165, 1.54) is 5.69 Å². The highest BCUT2D eigenvalue weighted by Crippen LogP contribution is 2.32. The lowest BCUT2D eigenvalue weighted by Gasteiger charge is -2.28. The number of ether oxygens (including phenoxy) is 1. The van der Waals surface area contributed by atoms with E-state index >= 15 is 0 Å². The van der Waals surface area contributed by atoms with E-state index in [9.17, 15) is 0 Å². The summed E-state index contributed by atoms with van der Waals surface area (Å²) >= 11 is 12.5. The van der Waals surface area contributed by atoms with Gasteiger partial charge in [0.15, 0.2) is 5.82 Å². The molecule has 0 unspecified atom stereocenters. The Morgan fingerprint density at radius 2 is 1.65 bits per heavy atom. The second-order valence-corrected chi connectivity index (χ2v) is 8.15. The van der Waals surface area contributed by atoms with E-state index in [-0.39, 0.29) is 0 Å². The van der Waals surface area contributed by atoms with E-state index in [4.69, 9.17) is 37.9 Å². The van der Waals surface area contributed by atoms with E-state index in [1.54, 1.807) is 12.1 Å². The van der Waals surface area contributed by atoms with Crippen LogP contribution in [0.1, 0.15) is 0 Å². The second kappa shape index (κ2) is 8.71. The Kier molecular flexibility index (Phi) is 5.64. The summed E-state index contributed by atoms with van der Waals surface area (Å²) < 4.78 is 5.44. The smallest absolute Gasteiger partial charge is 0.163 e. The highest BCUT2D eigenvalue weighted by Gasteiger charge is 2.14. The summed E-state index contributed by atoms with van der Waals surface area (Å²) in [5.41, 5.74) is 3.72. The number of nitrogens with zero attached hydrogens (tertiary/aromatic N) is 3. The van der Waals surface area contributed by atoms with Crippen LogP contribution in [0.25, 0.3) is 22.3 Å². The van der Waals surface area contributed by atoms with Gasteiger partial charge < -0.3 is 15.0 Å². The maximum absolute atomic E-state index is 6.42. The van der Waals surface area contributed by atoms with E-state index in [0.717, 1.165) is 54.3 Å². The van der Waals surface area contributed by atoms with E-state index in [0.29, 0.717) is 15.9 Å². The lowest BCUT2D eigenvalue weighted by Crippen LogP contribution is -2.36. The van der Waals surface area contributed by atoms with Crippen molar-refractivity contribution in [2.45, 2.75) is 0 Å². The number of anilines is 3. The van der Waals surface area contributed by atoms with Crippen LogP contribution in [0.2, 0.25) is 10.0 Å². The number of para-hydroxylation sites is 1. The third-order valence-electron chi connectivity index (χ3n) is 5.28. The minimum Gasteiger partial charge on any atom is -0.378 e. The normalized spacial score (nSPS) is 14.1. The Labute approximate surface area is 190 Å². The molecule has 0 radical (unpaired) electrons. The van der Waals surface area contributed by atoms with Gasteiger partial charge in [0.2, 0.25) is 0 Å². The number of aromatic nitrogens is 2. The van der Waals surface area contributed by atoms with Gasteiger partial charge in [0, 0.05) is 40.4 Å². The Hall–Kier alpha value is -2.86. The molecular formula is C24H20Cl2N4O. The molecule has 5 nitrogen and oxygen atoms in total. The Morgan fingerprint density at radius 1 is 0.871 bits per heavy atom. The minimum absolute atomic E-state index is 0.517. The molecule has 0 bridgehead atoms. The molecule has 5 rings (SSSR count). The van der Waals surface area contributed by atoms with Crippen LogP contribution in [0, 0.1) is 0 Å². The lowest BCUT2D eigenvalue weighted by atomic mass is 10.1. The van der Waals surface area contributed by atoms with Crippen molar-refractivity contribution in [3.8, 4) is 11.4 Å². The number of fused-ring (bicyclic) bond motifs is 1. The summed E-state index contributed by atoms with van der Waals surface area (Å²) in [7, 11) is 0. The number of hydrogen-bond donors (Lipinski definition) is 1. The van der Waals surface area contributed by atoms with E-state index in [1.807, 2.05) is 30.3 Å². The van der Waals surface area contributed by atoms with Gasteiger partial charge in [-0.2, -0.15) is 0 Å². The van der Waals surface area contributed by atoms with Crippen molar-refractivity contribution >= 4 is 51.3 Å². The molecule has 1 aliphatic heterocycles. The number of rotatable bonds is 4. The molecule has 1 aliphatic rings. The van der Waals surface area contributed by atoms with Gasteiger partial charge in [-0.25, -0.2) is 9.97 Å². The fraction of sp³-hybridized carbons (Fsp3) is 0.167. The van der Waals surface area contributed by atoms with Crippen molar-refractivity contribution in [3.05, 3.63) is 76.8 Å². The first-order chi connectivity index (χ1) is 15.2. The summed E-state index contributed by atoms with van der Waals surface area (Å²) in [5, 5.41) is 5.49. The van der Waals surface area contributed by atoms with Crippen LogP contribution in [0.15, 0.2) is 66.7 Å². The van der Waals surface area contributed by atoms with Gasteiger partial charge in [0.25, 0.3) is 0 Å². The largest absolute Gasteiger partial charge is 0.378 e. The molecule has 2 heterocycles. The minimum atomic E-state index is 0.517. The molecule has 0 aliphatic carbocycles. The predicted molar refractivity (Wildman–Crippen MR) is 128 cm³/mol. The van der Waals surface area contributed by atoms with Crippen LogP contribution in [0.4, 0.5) is 17.2 Å². The maximum Gasteiger partial charge on any atom is 0.163 e. The van der Waals surface area contributed by atoms with Crippen molar-refractivity contribution < 1.29 is 4.74 Å². The van der Waals surface area contributed by atoms with Crippen molar-refractivity contribution in [3.63, 3.8) is 0 Å². The van der Waals surface area contributed by atoms with Crippen LogP contribution in [0.5, 0.6) is 0 Å². The van der Waals surface area contributed by atoms with Crippen molar-refractivity contribution in [2.24, 2.45) is 0 Å². The van der Waals surface area contributed by atoms with Gasteiger partial charge in [0.05, 0.1) is 23.8 Å². The molecule has 156 valence electrons. The average molecular weight is 451 g/mol. The van der Waals surface area contributed by atoms with Gasteiger partial charge in [-0.15, -0.1) is 0 Å². The fourth-order valence-electron chi connectivity index (χ4n) is 3.68. The molecule has 3 aromatic carbocycles. The standard InChI is InChI=1S/C24H20Cl2N4O/c25-16-5-10-19(21(26)15-16)23-28-22-4-2-1-3-20(22)24(29-23)27-17-6-8-18(9-7-17)30-11-13-31-14-12-30/h1-10,15H,11-14H2,(H,27,28,29). The zero-order chi connectivity index (χ0) is 21.2. The van der Waals surface area contributed by atoms with Crippen LogP contribution < -0.4 is 10.2 Å². The van der Waals surface area contributed by atoms with Crippen molar-refractivity contribution in [2.75, 3.05) is 36.5 Å². The van der Waals surface area contributed by atoms with Crippen molar-refractivity contribution in [1.29, 1.82) is 0 Å². The zero-order valence-corrected chi connectivity index (χ0v) is 18.2. The molecule has 1 saturated heterocycles. The molecule has 1 N–H and O–H groups in total. The zero-order valence-electron chi connectivity index (χ0n) is 16.7. The Bertz CT molecular complexity index is 1220. The molecule has 0 atom stereocenters. The van der Waals surface area contributed by atoms with Crippen LogP contribution in [0.3, 0.4) is 0 Å². The topological polar surface area (TPSA) is 50.3 Å². The molecule has 0 saturated carbocycles. The van der Waals surface area contributed by atoms with Gasteiger partial charge in [-0.1, -0.05) is 35.3 Å². The number of morpholine rings is 1. The SMILES string of the molecule is Clc1ccc(-c2nc(Nc3ccc(N4CCOCC4)cc3)c3ccccc3n2)c(Cl)c1. The molecule has 0 spiro atoms. The molecule has 1 aromatic heterocycles. The molecule has 4 aromatic rings. The summed E-state index contributed by atoms with van der Waals surface area (Å²) in [5.74, 6) is 1.28. The number of hydrogen-bond acceptors (Lipinski definition) is 5. The van der Waals surface area contributed by atoms with E-state index in [2.05, 4.69) is 34.5 Å². The quantitative estimate of drug-likeness (QED) is 0.401. The first kappa shape index (κ1) is 20.1. The van der Waals surface area contributed by atoms with E-state index < -0.39 is 0 Å².